The van der Waals surface area contributed by atoms with Crippen LogP contribution in [0.15, 0.2) is 78.9 Å². The van der Waals surface area contributed by atoms with E-state index in [-0.39, 0.29) is 12.3 Å². The predicted molar refractivity (Wildman–Crippen MR) is 122 cm³/mol. The van der Waals surface area contributed by atoms with Crippen molar-refractivity contribution in [2.75, 3.05) is 11.0 Å². The summed E-state index contributed by atoms with van der Waals surface area (Å²) in [5.41, 5.74) is 4.12. The lowest BCUT2D eigenvalue weighted by Crippen LogP contribution is -2.25. The summed E-state index contributed by atoms with van der Waals surface area (Å²) in [4.78, 5) is 12.5. The average molecular weight is 439 g/mol. The van der Waals surface area contributed by atoms with E-state index >= 15 is 0 Å². The van der Waals surface area contributed by atoms with Crippen LogP contribution in [0.25, 0.3) is 0 Å². The minimum atomic E-state index is -3.42. The molecule has 0 unspecified atom stereocenters. The number of amides is 1. The first-order valence-electron chi connectivity index (χ1n) is 9.91. The van der Waals surface area contributed by atoms with Crippen molar-refractivity contribution >= 4 is 21.6 Å². The van der Waals surface area contributed by atoms with E-state index in [4.69, 9.17) is 4.74 Å². The molecule has 2 N–H and O–H groups in total. The topological polar surface area (TPSA) is 84.5 Å². The van der Waals surface area contributed by atoms with Gasteiger partial charge in [-0.1, -0.05) is 72.8 Å². The molecule has 3 aromatic carbocycles. The van der Waals surface area contributed by atoms with Crippen LogP contribution in [0.5, 0.6) is 0 Å². The molecule has 162 valence electrons. The molecular formula is C24H26N2O4S. The van der Waals surface area contributed by atoms with Gasteiger partial charge >= 0.3 is 0 Å². The van der Waals surface area contributed by atoms with Crippen LogP contribution >= 0.6 is 0 Å². The summed E-state index contributed by atoms with van der Waals surface area (Å²) in [6.45, 7) is 1.33. The lowest BCUT2D eigenvalue weighted by atomic mass is 10.1. The van der Waals surface area contributed by atoms with Gasteiger partial charge in [0, 0.05) is 6.54 Å². The molecule has 6 nitrogen and oxygen atoms in total. The third-order valence-electron chi connectivity index (χ3n) is 4.63. The summed E-state index contributed by atoms with van der Waals surface area (Å²) in [6, 6.07) is 24.6. The molecule has 31 heavy (non-hydrogen) atoms. The molecule has 0 aliphatic carbocycles. The van der Waals surface area contributed by atoms with Gasteiger partial charge in [-0.05, 0) is 28.3 Å². The zero-order chi connectivity index (χ0) is 22.1. The van der Waals surface area contributed by atoms with E-state index in [2.05, 4.69) is 10.0 Å². The molecule has 0 aromatic heterocycles. The fourth-order valence-electron chi connectivity index (χ4n) is 3.13. The van der Waals surface area contributed by atoms with Gasteiger partial charge in [0.05, 0.1) is 31.6 Å². The van der Waals surface area contributed by atoms with E-state index in [1.54, 1.807) is 24.3 Å². The molecule has 0 atom stereocenters. The van der Waals surface area contributed by atoms with Crippen LogP contribution in [-0.4, -0.2) is 20.6 Å². The van der Waals surface area contributed by atoms with Gasteiger partial charge in [0.25, 0.3) is 0 Å². The SMILES string of the molecule is CS(=O)(=O)Nc1ccccc1CC(=O)NCc1ccccc1COCc1ccccc1. The number of sulfonamides is 1. The van der Waals surface area contributed by atoms with Gasteiger partial charge in [-0.25, -0.2) is 8.42 Å². The smallest absolute Gasteiger partial charge is 0.229 e. The zero-order valence-electron chi connectivity index (χ0n) is 17.4. The summed E-state index contributed by atoms with van der Waals surface area (Å²) in [5.74, 6) is -0.192. The number of rotatable bonds is 10. The summed E-state index contributed by atoms with van der Waals surface area (Å²) in [7, 11) is -3.42. The minimum Gasteiger partial charge on any atom is -0.372 e. The Kier molecular flexibility index (Phi) is 7.81. The first-order valence-corrected chi connectivity index (χ1v) is 11.8. The highest BCUT2D eigenvalue weighted by Gasteiger charge is 2.11. The maximum Gasteiger partial charge on any atom is 0.229 e. The predicted octanol–water partition coefficient (Wildman–Crippen LogP) is 3.63. The van der Waals surface area contributed by atoms with Gasteiger partial charge in [-0.2, -0.15) is 0 Å². The summed E-state index contributed by atoms with van der Waals surface area (Å²) in [6.07, 6.45) is 1.16. The highest BCUT2D eigenvalue weighted by molar-refractivity contribution is 7.92. The normalized spacial score (nSPS) is 11.1. The van der Waals surface area contributed by atoms with Crippen LogP contribution in [-0.2, 0) is 45.7 Å². The minimum absolute atomic E-state index is 0.0748. The van der Waals surface area contributed by atoms with Crippen molar-refractivity contribution in [3.8, 4) is 0 Å². The Morgan fingerprint density at radius 1 is 0.806 bits per heavy atom. The maximum atomic E-state index is 12.5. The molecule has 0 spiro atoms. The largest absolute Gasteiger partial charge is 0.372 e. The Labute approximate surface area is 183 Å². The van der Waals surface area contributed by atoms with Crippen molar-refractivity contribution in [3.05, 3.63) is 101 Å². The number of carbonyl (C=O) groups excluding carboxylic acids is 1. The second kappa shape index (κ2) is 10.7. The van der Waals surface area contributed by atoms with E-state index in [1.807, 2.05) is 54.6 Å². The maximum absolute atomic E-state index is 12.5. The van der Waals surface area contributed by atoms with Crippen molar-refractivity contribution in [1.82, 2.24) is 5.32 Å². The Hall–Kier alpha value is -3.16. The number of nitrogens with one attached hydrogen (secondary N) is 2. The van der Waals surface area contributed by atoms with E-state index < -0.39 is 10.0 Å². The standard InChI is InChI=1S/C24H26N2O4S/c1-31(28,29)26-23-14-8-7-11-20(23)15-24(27)25-16-21-12-5-6-13-22(21)18-30-17-19-9-3-2-4-10-19/h2-14,26H,15-18H2,1H3,(H,25,27). The number of carbonyl (C=O) groups is 1. The molecule has 0 bridgehead atoms. The molecule has 0 saturated carbocycles. The molecule has 0 aliphatic heterocycles. The monoisotopic (exact) mass is 438 g/mol. The van der Waals surface area contributed by atoms with Crippen LogP contribution in [0, 0.1) is 0 Å². The fourth-order valence-corrected chi connectivity index (χ4v) is 3.73. The van der Waals surface area contributed by atoms with Crippen LogP contribution in [0.3, 0.4) is 0 Å². The Bertz CT molecular complexity index is 1120. The molecule has 7 heteroatoms. The Balaban J connectivity index is 1.56. The Morgan fingerprint density at radius 3 is 2.13 bits per heavy atom. The van der Waals surface area contributed by atoms with Gasteiger partial charge in [0.15, 0.2) is 0 Å². The molecule has 3 rings (SSSR count). The van der Waals surface area contributed by atoms with Crippen molar-refractivity contribution in [2.24, 2.45) is 0 Å². The van der Waals surface area contributed by atoms with Crippen LogP contribution < -0.4 is 10.0 Å². The first-order chi connectivity index (χ1) is 14.9. The van der Waals surface area contributed by atoms with Crippen molar-refractivity contribution in [2.45, 2.75) is 26.2 Å². The Morgan fingerprint density at radius 2 is 1.42 bits per heavy atom. The van der Waals surface area contributed by atoms with Gasteiger partial charge < -0.3 is 10.1 Å². The quantitative estimate of drug-likeness (QED) is 0.506. The summed E-state index contributed by atoms with van der Waals surface area (Å²) < 4.78 is 31.4. The van der Waals surface area contributed by atoms with E-state index in [0.29, 0.717) is 31.0 Å². The molecule has 3 aromatic rings. The summed E-state index contributed by atoms with van der Waals surface area (Å²) >= 11 is 0. The van der Waals surface area contributed by atoms with E-state index in [1.165, 1.54) is 0 Å². The van der Waals surface area contributed by atoms with Gasteiger partial charge in [-0.3, -0.25) is 9.52 Å². The van der Waals surface area contributed by atoms with Gasteiger partial charge in [0.1, 0.15) is 0 Å². The van der Waals surface area contributed by atoms with Crippen molar-refractivity contribution in [1.29, 1.82) is 0 Å². The fraction of sp³-hybridized carbons (Fsp3) is 0.208. The number of ether oxygens (including phenoxy) is 1. The zero-order valence-corrected chi connectivity index (χ0v) is 18.2. The highest BCUT2D eigenvalue weighted by atomic mass is 32.2. The van der Waals surface area contributed by atoms with Gasteiger partial charge in [0.2, 0.25) is 15.9 Å². The van der Waals surface area contributed by atoms with Crippen LogP contribution in [0.4, 0.5) is 5.69 Å². The van der Waals surface area contributed by atoms with Crippen molar-refractivity contribution in [3.63, 3.8) is 0 Å². The van der Waals surface area contributed by atoms with Gasteiger partial charge in [-0.15, -0.1) is 0 Å². The number of anilines is 1. The molecule has 0 fully saturated rings. The van der Waals surface area contributed by atoms with Crippen molar-refractivity contribution < 1.29 is 17.9 Å². The number of hydrogen-bond acceptors (Lipinski definition) is 4. The first kappa shape index (κ1) is 22.5. The molecule has 0 saturated heterocycles. The number of para-hydroxylation sites is 1. The second-order valence-corrected chi connectivity index (χ2v) is 8.98. The lowest BCUT2D eigenvalue weighted by Gasteiger charge is -2.13. The summed E-state index contributed by atoms with van der Waals surface area (Å²) in [5, 5.41) is 2.91. The third kappa shape index (κ3) is 7.55. The highest BCUT2D eigenvalue weighted by Crippen LogP contribution is 2.17. The van der Waals surface area contributed by atoms with Crippen LogP contribution in [0.2, 0.25) is 0 Å². The van der Waals surface area contributed by atoms with Crippen LogP contribution in [0.1, 0.15) is 22.3 Å². The van der Waals surface area contributed by atoms with E-state index in [9.17, 15) is 13.2 Å². The molecule has 0 radical (unpaired) electrons. The second-order valence-electron chi connectivity index (χ2n) is 7.23. The molecule has 1 amide bonds. The lowest BCUT2D eigenvalue weighted by molar-refractivity contribution is -0.120. The van der Waals surface area contributed by atoms with E-state index in [0.717, 1.165) is 22.9 Å². The third-order valence-corrected chi connectivity index (χ3v) is 5.22. The average Bonchev–Trinajstić information content (AvgIpc) is 2.74. The number of hydrogen-bond donors (Lipinski definition) is 2. The number of benzene rings is 3. The molecule has 0 aliphatic rings. The molecular weight excluding hydrogens is 412 g/mol. The molecule has 0 heterocycles.